The number of aromatic nitrogens is 3. The number of nitrogens with zero attached hydrogens (tertiary/aromatic N) is 5. The molecular formula is C31H33FN9O3+. The van der Waals surface area contributed by atoms with Crippen LogP contribution >= 0.6 is 0 Å². The number of halogens is 1. The molecule has 2 aromatic carbocycles. The Hall–Kier alpha value is -5.27. The van der Waals surface area contributed by atoms with Crippen LogP contribution in [0.2, 0.25) is 0 Å². The molecular weight excluding hydrogens is 565 g/mol. The number of hydrogen-bond acceptors (Lipinski definition) is 8. The second kappa shape index (κ2) is 13.4. The lowest BCUT2D eigenvalue weighted by Crippen LogP contribution is -2.72. The van der Waals surface area contributed by atoms with Crippen molar-refractivity contribution in [1.29, 1.82) is 5.41 Å². The Balaban J connectivity index is 1.40. The van der Waals surface area contributed by atoms with Gasteiger partial charge in [-0.05, 0) is 48.5 Å². The van der Waals surface area contributed by atoms with Gasteiger partial charge in [0.15, 0.2) is 5.82 Å². The van der Waals surface area contributed by atoms with E-state index in [4.69, 9.17) is 20.1 Å². The maximum atomic E-state index is 15.3. The van der Waals surface area contributed by atoms with E-state index in [2.05, 4.69) is 15.6 Å². The van der Waals surface area contributed by atoms with Crippen molar-refractivity contribution < 1.29 is 24.0 Å². The molecule has 4 aromatic rings. The number of hydrogen-bond donors (Lipinski definition) is 4. The van der Waals surface area contributed by atoms with Crippen LogP contribution in [0.5, 0.6) is 0 Å². The van der Waals surface area contributed by atoms with Crippen molar-refractivity contribution in [3.05, 3.63) is 77.9 Å². The minimum atomic E-state index is -0.498. The molecule has 0 bridgehead atoms. The summed E-state index contributed by atoms with van der Waals surface area (Å²) >= 11 is 0. The van der Waals surface area contributed by atoms with E-state index in [1.165, 1.54) is 11.0 Å². The predicted molar refractivity (Wildman–Crippen MR) is 167 cm³/mol. The van der Waals surface area contributed by atoms with E-state index < -0.39 is 11.8 Å². The fourth-order valence-electron chi connectivity index (χ4n) is 4.73. The first-order chi connectivity index (χ1) is 21.3. The molecule has 3 heterocycles. The van der Waals surface area contributed by atoms with E-state index in [9.17, 15) is 9.59 Å². The van der Waals surface area contributed by atoms with E-state index in [1.54, 1.807) is 81.3 Å². The predicted octanol–water partition coefficient (Wildman–Crippen LogP) is 3.20. The summed E-state index contributed by atoms with van der Waals surface area (Å²) < 4.78 is 20.8. The Bertz CT molecular complexity index is 1720. The van der Waals surface area contributed by atoms with Crippen LogP contribution in [0.4, 0.5) is 26.5 Å². The van der Waals surface area contributed by atoms with Crippen LogP contribution in [0.3, 0.4) is 0 Å². The minimum Gasteiger partial charge on any atom is -0.378 e. The monoisotopic (exact) mass is 598 g/mol. The Morgan fingerprint density at radius 2 is 1.82 bits per heavy atom. The Morgan fingerprint density at radius 3 is 2.45 bits per heavy atom. The molecule has 1 saturated heterocycles. The van der Waals surface area contributed by atoms with E-state index in [0.29, 0.717) is 77.1 Å². The molecule has 0 saturated carbocycles. The van der Waals surface area contributed by atoms with E-state index >= 15 is 4.39 Å². The van der Waals surface area contributed by atoms with Gasteiger partial charge in [0.25, 0.3) is 5.91 Å². The zero-order valence-electron chi connectivity index (χ0n) is 24.6. The summed E-state index contributed by atoms with van der Waals surface area (Å²) in [5, 5.41) is 15.5. The molecule has 13 heteroatoms. The standard InChI is InChI=1S/C31H32FN9O3/c1-34-17-21(16-33)23-15-26-24(14-25(23)32)29(41-10-12-44-13-11-41)39-28(37-26)20-6-9-27(35-18-20)38-31(43)36-22-7-4-19(5-8-22)30(42)40(2)3/h4-9,14-18,33-34H,10-13H2,1-3H3,(H2,35,36,38,43)/p+1/b21-17+,33-16?. The third kappa shape index (κ3) is 6.69. The third-order valence-electron chi connectivity index (χ3n) is 6.95. The maximum Gasteiger partial charge on any atom is 0.324 e. The molecule has 226 valence electrons. The zero-order chi connectivity index (χ0) is 31.2. The molecule has 5 N–H and O–H groups in total. The number of carbonyl (C=O) groups excluding carboxylic acids is 2. The summed E-state index contributed by atoms with van der Waals surface area (Å²) in [5.74, 6) is 0.679. The fraction of sp³-hybridized carbons (Fsp3) is 0.226. The average molecular weight is 599 g/mol. The molecule has 2 aromatic heterocycles. The molecule has 0 spiro atoms. The van der Waals surface area contributed by atoms with Gasteiger partial charge in [-0.15, -0.1) is 0 Å². The molecule has 1 aliphatic heterocycles. The number of pyridine rings is 1. The number of nitrogens with one attached hydrogen (secondary N) is 3. The van der Waals surface area contributed by atoms with Crippen molar-refractivity contribution in [2.24, 2.45) is 0 Å². The number of benzene rings is 2. The molecule has 0 aliphatic carbocycles. The van der Waals surface area contributed by atoms with Crippen molar-refractivity contribution in [2.75, 3.05) is 63.0 Å². The van der Waals surface area contributed by atoms with Crippen molar-refractivity contribution in [2.45, 2.75) is 0 Å². The van der Waals surface area contributed by atoms with Crippen LogP contribution in [-0.2, 0) is 4.74 Å². The maximum absolute atomic E-state index is 15.3. The topological polar surface area (TPSA) is 153 Å². The smallest absolute Gasteiger partial charge is 0.324 e. The van der Waals surface area contributed by atoms with Crippen LogP contribution in [0.1, 0.15) is 15.9 Å². The van der Waals surface area contributed by atoms with Gasteiger partial charge in [-0.2, -0.15) is 0 Å². The van der Waals surface area contributed by atoms with Gasteiger partial charge in [0.2, 0.25) is 0 Å². The highest BCUT2D eigenvalue weighted by molar-refractivity contribution is 6.09. The summed E-state index contributed by atoms with van der Waals surface area (Å²) in [7, 11) is 5.15. The molecule has 1 fully saturated rings. The molecule has 0 atom stereocenters. The van der Waals surface area contributed by atoms with E-state index in [0.717, 1.165) is 6.21 Å². The minimum absolute atomic E-state index is 0.131. The van der Waals surface area contributed by atoms with Gasteiger partial charge in [0, 0.05) is 67.4 Å². The van der Waals surface area contributed by atoms with Gasteiger partial charge in [0.05, 0.1) is 31.4 Å². The summed E-state index contributed by atoms with van der Waals surface area (Å²) in [6.45, 7) is 2.24. The van der Waals surface area contributed by atoms with E-state index in [1.807, 2.05) is 4.90 Å². The number of allylic oxidation sites excluding steroid dienone is 1. The molecule has 0 radical (unpaired) electrons. The van der Waals surface area contributed by atoms with Crippen molar-refractivity contribution in [3.63, 3.8) is 0 Å². The van der Waals surface area contributed by atoms with Crippen molar-refractivity contribution in [1.82, 2.24) is 19.9 Å². The average Bonchev–Trinajstić information content (AvgIpc) is 3.03. The lowest BCUT2D eigenvalue weighted by atomic mass is 10.0. The fourth-order valence-corrected chi connectivity index (χ4v) is 4.73. The summed E-state index contributed by atoms with van der Waals surface area (Å²) in [6.07, 6.45) is 4.35. The van der Waals surface area contributed by atoms with E-state index in [-0.39, 0.29) is 11.5 Å². The highest BCUT2D eigenvalue weighted by atomic mass is 19.1. The van der Waals surface area contributed by atoms with Crippen LogP contribution in [0.25, 0.3) is 27.9 Å². The largest absolute Gasteiger partial charge is 0.378 e. The molecule has 0 unspecified atom stereocenters. The number of anilines is 3. The molecule has 44 heavy (non-hydrogen) atoms. The number of rotatable bonds is 8. The first-order valence-electron chi connectivity index (χ1n) is 14.0. The van der Waals surface area contributed by atoms with Gasteiger partial charge in [-0.1, -0.05) is 0 Å². The number of nitrogens with two attached hydrogens (primary N) is 1. The second-order valence-corrected chi connectivity index (χ2v) is 10.2. The molecule has 1 aliphatic rings. The first kappa shape index (κ1) is 30.2. The number of urea groups is 1. The Kier molecular flexibility index (Phi) is 9.17. The molecule has 12 nitrogen and oxygen atoms in total. The first-order valence-corrected chi connectivity index (χ1v) is 14.0. The van der Waals surface area contributed by atoms with Gasteiger partial charge >= 0.3 is 6.03 Å². The van der Waals surface area contributed by atoms with Gasteiger partial charge < -0.3 is 30.6 Å². The van der Waals surface area contributed by atoms with Crippen LogP contribution in [0.15, 0.2) is 60.9 Å². The van der Waals surface area contributed by atoms with Crippen LogP contribution in [0, 0.1) is 11.2 Å². The number of carbonyl (C=O) groups is 2. The number of quaternary nitrogens is 1. The number of fused-ring (bicyclic) bond motifs is 1. The summed E-state index contributed by atoms with van der Waals surface area (Å²) in [4.78, 5) is 42.1. The van der Waals surface area contributed by atoms with Gasteiger partial charge in [-0.25, -0.2) is 24.1 Å². The SMILES string of the molecule is C[NH2+]/C=C(\C=N)c1cc2nc(-c3ccc(NC(=O)Nc4ccc(C(=O)N(C)C)cc4)nc3)nc(N3CCOCC3)c2cc1F. The lowest BCUT2D eigenvalue weighted by Gasteiger charge is -2.29. The van der Waals surface area contributed by atoms with Crippen molar-refractivity contribution >= 4 is 52.0 Å². The highest BCUT2D eigenvalue weighted by Gasteiger charge is 2.21. The van der Waals surface area contributed by atoms with Gasteiger partial charge in [-0.3, -0.25) is 10.1 Å². The number of ether oxygens (including phenoxy) is 1. The normalized spacial score (nSPS) is 13.5. The number of morpholine rings is 1. The Morgan fingerprint density at radius 1 is 1.07 bits per heavy atom. The summed E-state index contributed by atoms with van der Waals surface area (Å²) in [5.41, 5.74) is 2.85. The van der Waals surface area contributed by atoms with Gasteiger partial charge in [0.1, 0.15) is 23.7 Å². The van der Waals surface area contributed by atoms with Crippen LogP contribution < -0.4 is 20.9 Å². The third-order valence-corrected chi connectivity index (χ3v) is 6.95. The molecule has 5 rings (SSSR count). The van der Waals surface area contributed by atoms with Crippen LogP contribution in [-0.4, -0.2) is 85.5 Å². The lowest BCUT2D eigenvalue weighted by molar-refractivity contribution is -0.555. The quantitative estimate of drug-likeness (QED) is 0.227. The molecule has 3 amide bonds. The number of amides is 3. The van der Waals surface area contributed by atoms with Crippen molar-refractivity contribution in [3.8, 4) is 11.4 Å². The summed E-state index contributed by atoms with van der Waals surface area (Å²) in [6, 6.07) is 12.5. The zero-order valence-corrected chi connectivity index (χ0v) is 24.6. The highest BCUT2D eigenvalue weighted by Crippen LogP contribution is 2.31. The Labute approximate surface area is 253 Å². The second-order valence-electron chi connectivity index (χ2n) is 10.2.